The Labute approximate surface area is 160 Å². The van der Waals surface area contributed by atoms with Crippen LogP contribution >= 0.6 is 35.8 Å². The van der Waals surface area contributed by atoms with Crippen molar-refractivity contribution < 1.29 is 9.90 Å². The molecule has 2 aromatic carbocycles. The molecule has 4 nitrogen and oxygen atoms in total. The van der Waals surface area contributed by atoms with Crippen molar-refractivity contribution in [3.05, 3.63) is 63.9 Å². The number of nitrogens with zero attached hydrogens (tertiary/aromatic N) is 2. The second-order valence-corrected chi connectivity index (χ2v) is 7.20. The van der Waals surface area contributed by atoms with E-state index in [1.54, 1.807) is 12.1 Å². The van der Waals surface area contributed by atoms with E-state index >= 15 is 0 Å². The molecule has 0 spiro atoms. The molecular formula is C18H16Cl2N2O2S. The van der Waals surface area contributed by atoms with Crippen molar-refractivity contribution in [2.75, 3.05) is 0 Å². The molecular weight excluding hydrogens is 379 g/mol. The molecule has 0 fully saturated rings. The molecule has 0 radical (unpaired) electrons. The van der Waals surface area contributed by atoms with Crippen molar-refractivity contribution in [1.82, 2.24) is 9.55 Å². The lowest BCUT2D eigenvalue weighted by atomic mass is 10.2. The van der Waals surface area contributed by atoms with Gasteiger partial charge in [-0.25, -0.2) is 4.98 Å². The molecule has 1 heterocycles. The molecule has 7 heteroatoms. The van der Waals surface area contributed by atoms with Crippen LogP contribution in [0.15, 0.2) is 42.5 Å². The maximum atomic E-state index is 11.0. The molecule has 0 amide bonds. The predicted molar refractivity (Wildman–Crippen MR) is 104 cm³/mol. The van der Waals surface area contributed by atoms with Gasteiger partial charge in [-0.05, 0) is 36.2 Å². The highest BCUT2D eigenvalue weighted by Gasteiger charge is 2.16. The van der Waals surface area contributed by atoms with Crippen LogP contribution in [0.25, 0.3) is 11.0 Å². The lowest BCUT2D eigenvalue weighted by Gasteiger charge is -2.12. The van der Waals surface area contributed by atoms with Crippen molar-refractivity contribution in [3.8, 4) is 0 Å². The first-order chi connectivity index (χ1) is 12.0. The van der Waals surface area contributed by atoms with E-state index in [4.69, 9.17) is 28.3 Å². The molecule has 3 rings (SSSR count). The first-order valence-corrected chi connectivity index (χ1v) is 9.02. The number of para-hydroxylation sites is 2. The fraction of sp³-hybridized carbons (Fsp3) is 0.222. The number of halogens is 2. The summed E-state index contributed by atoms with van der Waals surface area (Å²) in [5, 5.41) is 9.50. The van der Waals surface area contributed by atoms with E-state index in [0.717, 1.165) is 22.4 Å². The number of thiol groups is 1. The van der Waals surface area contributed by atoms with Crippen LogP contribution < -0.4 is 0 Å². The zero-order valence-corrected chi connectivity index (χ0v) is 15.6. The molecule has 1 unspecified atom stereocenters. The fourth-order valence-corrected chi connectivity index (χ4v) is 3.30. The minimum Gasteiger partial charge on any atom is -0.480 e. The Morgan fingerprint density at radius 2 is 2.00 bits per heavy atom. The summed E-state index contributed by atoms with van der Waals surface area (Å²) < 4.78 is 2.06. The molecule has 1 aromatic heterocycles. The Morgan fingerprint density at radius 3 is 2.72 bits per heavy atom. The van der Waals surface area contributed by atoms with Crippen LogP contribution in [0.2, 0.25) is 10.0 Å². The normalized spacial score (nSPS) is 12.4. The van der Waals surface area contributed by atoms with E-state index in [0.29, 0.717) is 29.4 Å². The number of hydrogen-bond donors (Lipinski definition) is 2. The molecule has 0 aliphatic carbocycles. The molecule has 3 aromatic rings. The van der Waals surface area contributed by atoms with Gasteiger partial charge in [0.05, 0.1) is 22.8 Å². The summed E-state index contributed by atoms with van der Waals surface area (Å²) in [6.45, 7) is 0.538. The Kier molecular flexibility index (Phi) is 5.57. The first kappa shape index (κ1) is 18.1. The summed E-state index contributed by atoms with van der Waals surface area (Å²) in [6, 6.07) is 13.2. The average Bonchev–Trinajstić information content (AvgIpc) is 2.92. The second-order valence-electron chi connectivity index (χ2n) is 5.73. The van der Waals surface area contributed by atoms with E-state index in [1.165, 1.54) is 0 Å². The number of benzene rings is 2. The van der Waals surface area contributed by atoms with Gasteiger partial charge >= 0.3 is 5.97 Å². The van der Waals surface area contributed by atoms with Crippen LogP contribution in [0.3, 0.4) is 0 Å². The monoisotopic (exact) mass is 394 g/mol. The summed E-state index contributed by atoms with van der Waals surface area (Å²) >= 11 is 16.4. The van der Waals surface area contributed by atoms with Crippen LogP contribution in [0.5, 0.6) is 0 Å². The van der Waals surface area contributed by atoms with Gasteiger partial charge in [-0.15, -0.1) is 0 Å². The number of carboxylic acid groups (broad SMARTS) is 1. The molecule has 0 saturated carbocycles. The van der Waals surface area contributed by atoms with Crippen molar-refractivity contribution in [2.45, 2.75) is 24.6 Å². The van der Waals surface area contributed by atoms with Crippen molar-refractivity contribution in [3.63, 3.8) is 0 Å². The summed E-state index contributed by atoms with van der Waals surface area (Å²) in [5.41, 5.74) is 2.78. The van der Waals surface area contributed by atoms with Gasteiger partial charge in [-0.1, -0.05) is 41.4 Å². The minimum absolute atomic E-state index is 0.399. The molecule has 130 valence electrons. The van der Waals surface area contributed by atoms with E-state index in [9.17, 15) is 4.79 Å². The number of aliphatic carboxylic acids is 1. The summed E-state index contributed by atoms with van der Waals surface area (Å²) in [6.07, 6.45) is 0.913. The number of carbonyl (C=O) groups is 1. The van der Waals surface area contributed by atoms with E-state index in [2.05, 4.69) is 22.2 Å². The van der Waals surface area contributed by atoms with E-state index < -0.39 is 11.2 Å². The zero-order chi connectivity index (χ0) is 18.0. The highest BCUT2D eigenvalue weighted by Crippen LogP contribution is 2.25. The maximum Gasteiger partial charge on any atom is 0.316 e. The molecule has 25 heavy (non-hydrogen) atoms. The number of hydrogen-bond acceptors (Lipinski definition) is 3. The van der Waals surface area contributed by atoms with Crippen LogP contribution in [0, 0.1) is 0 Å². The van der Waals surface area contributed by atoms with Crippen LogP contribution in [-0.2, 0) is 17.8 Å². The van der Waals surface area contributed by atoms with E-state index in [-0.39, 0.29) is 0 Å². The van der Waals surface area contributed by atoms with Gasteiger partial charge in [0.1, 0.15) is 5.82 Å². The third-order valence-corrected chi connectivity index (χ3v) is 5.07. The van der Waals surface area contributed by atoms with Gasteiger partial charge in [0.25, 0.3) is 0 Å². The van der Waals surface area contributed by atoms with Crippen molar-refractivity contribution in [1.29, 1.82) is 0 Å². The van der Waals surface area contributed by atoms with Crippen molar-refractivity contribution >= 4 is 52.8 Å². The average molecular weight is 395 g/mol. The summed E-state index contributed by atoms with van der Waals surface area (Å²) in [4.78, 5) is 15.7. The smallest absolute Gasteiger partial charge is 0.316 e. The number of aryl methyl sites for hydroxylation is 1. The molecule has 1 atom stereocenters. The SMILES string of the molecule is O=C(O)C(S)CCc1nc2ccccc2n1Cc1ccc(Cl)cc1Cl. The molecule has 1 N–H and O–H groups in total. The van der Waals surface area contributed by atoms with Crippen molar-refractivity contribution in [2.24, 2.45) is 0 Å². The Bertz CT molecular complexity index is 927. The Hall–Kier alpha value is -1.69. The second kappa shape index (κ2) is 7.68. The summed E-state index contributed by atoms with van der Waals surface area (Å²) in [7, 11) is 0. The number of aromatic nitrogens is 2. The number of fused-ring (bicyclic) bond motifs is 1. The Balaban J connectivity index is 1.96. The molecule has 0 aliphatic rings. The predicted octanol–water partition coefficient (Wildman–Crippen LogP) is 4.71. The zero-order valence-electron chi connectivity index (χ0n) is 13.2. The third-order valence-electron chi connectivity index (χ3n) is 4.00. The third kappa shape index (κ3) is 4.11. The Morgan fingerprint density at radius 1 is 1.24 bits per heavy atom. The number of rotatable bonds is 6. The first-order valence-electron chi connectivity index (χ1n) is 7.74. The van der Waals surface area contributed by atoms with Gasteiger partial charge in [0.2, 0.25) is 0 Å². The lowest BCUT2D eigenvalue weighted by molar-refractivity contribution is -0.136. The molecule has 0 saturated heterocycles. The minimum atomic E-state index is -0.924. The van der Waals surface area contributed by atoms with E-state index in [1.807, 2.05) is 30.3 Å². The highest BCUT2D eigenvalue weighted by molar-refractivity contribution is 7.81. The van der Waals surface area contributed by atoms with Gasteiger partial charge in [-0.2, -0.15) is 12.6 Å². The largest absolute Gasteiger partial charge is 0.480 e. The van der Waals surface area contributed by atoms with Gasteiger partial charge in [-0.3, -0.25) is 4.79 Å². The standard InChI is InChI=1S/C18H16Cl2N2O2S/c19-12-6-5-11(13(20)9-12)10-22-15-4-2-1-3-14(15)21-17(22)8-7-16(25)18(23)24/h1-6,9,16,25H,7-8,10H2,(H,23,24). The topological polar surface area (TPSA) is 55.1 Å². The number of imidazole rings is 1. The van der Waals surface area contributed by atoms with Crippen LogP contribution in [0.4, 0.5) is 0 Å². The summed E-state index contributed by atoms with van der Waals surface area (Å²) in [5.74, 6) is -0.112. The molecule has 0 bridgehead atoms. The van der Waals surface area contributed by atoms with Gasteiger partial charge in [0.15, 0.2) is 0 Å². The maximum absolute atomic E-state index is 11.0. The lowest BCUT2D eigenvalue weighted by Crippen LogP contribution is -2.15. The molecule has 0 aliphatic heterocycles. The van der Waals surface area contributed by atoms with Crippen LogP contribution in [0.1, 0.15) is 17.8 Å². The highest BCUT2D eigenvalue weighted by atomic mass is 35.5. The van der Waals surface area contributed by atoms with Crippen LogP contribution in [-0.4, -0.2) is 25.9 Å². The van der Waals surface area contributed by atoms with Gasteiger partial charge in [0, 0.05) is 16.5 Å². The fourth-order valence-electron chi connectivity index (χ4n) is 2.70. The number of carboxylic acids is 1. The van der Waals surface area contributed by atoms with Gasteiger partial charge < -0.3 is 9.67 Å². The quantitative estimate of drug-likeness (QED) is 0.595.